The largest absolute Gasteiger partial charge is 0.382 e. The monoisotopic (exact) mass is 561 g/mol. The van der Waals surface area contributed by atoms with E-state index in [4.69, 9.17) is 24.7 Å². The highest BCUT2D eigenvalue weighted by atomic mass is 16.6. The van der Waals surface area contributed by atoms with Crippen LogP contribution in [0.5, 0.6) is 0 Å². The average Bonchev–Trinajstić information content (AvgIpc) is 3.49. The number of fused-ring (bicyclic) bond motifs is 1. The zero-order chi connectivity index (χ0) is 28.8. The predicted molar refractivity (Wildman–Crippen MR) is 156 cm³/mol. The second kappa shape index (κ2) is 12.5. The van der Waals surface area contributed by atoms with Crippen LogP contribution in [-0.2, 0) is 44.4 Å². The molecule has 1 fully saturated rings. The number of benzene rings is 3. The number of rotatable bonds is 10. The Morgan fingerprint density at radius 1 is 0.810 bits per heavy atom. The number of nitrogens with zero attached hydrogens (tertiary/aromatic N) is 4. The molecule has 2 aromatic heterocycles. The average molecular weight is 562 g/mol. The van der Waals surface area contributed by atoms with Crippen molar-refractivity contribution in [1.29, 1.82) is 5.26 Å². The maximum Gasteiger partial charge on any atom is 0.225 e. The van der Waals surface area contributed by atoms with Crippen LogP contribution in [0.1, 0.15) is 22.4 Å². The Morgan fingerprint density at radius 3 is 1.98 bits per heavy atom. The van der Waals surface area contributed by atoms with E-state index in [1.807, 2.05) is 91.0 Å². The fourth-order valence-electron chi connectivity index (χ4n) is 5.28. The highest BCUT2D eigenvalue weighted by Crippen LogP contribution is 2.41. The summed E-state index contributed by atoms with van der Waals surface area (Å²) >= 11 is 0. The van der Waals surface area contributed by atoms with Gasteiger partial charge in [-0.2, -0.15) is 10.4 Å². The predicted octanol–water partition coefficient (Wildman–Crippen LogP) is 4.82. The van der Waals surface area contributed by atoms with Crippen molar-refractivity contribution in [3.8, 4) is 6.07 Å². The molecule has 212 valence electrons. The summed E-state index contributed by atoms with van der Waals surface area (Å²) in [6, 6.07) is 35.6. The van der Waals surface area contributed by atoms with Gasteiger partial charge in [0.1, 0.15) is 36.2 Å². The topological polar surface area (TPSA) is 117 Å². The lowest BCUT2D eigenvalue weighted by Gasteiger charge is -2.46. The van der Waals surface area contributed by atoms with Gasteiger partial charge in [0.05, 0.1) is 32.1 Å². The molecule has 0 saturated carbocycles. The third-order valence-electron chi connectivity index (χ3n) is 7.43. The minimum atomic E-state index is -1.59. The van der Waals surface area contributed by atoms with E-state index >= 15 is 0 Å². The van der Waals surface area contributed by atoms with Crippen molar-refractivity contribution < 1.29 is 18.9 Å². The van der Waals surface area contributed by atoms with Gasteiger partial charge < -0.3 is 24.7 Å². The maximum atomic E-state index is 10.9. The van der Waals surface area contributed by atoms with Gasteiger partial charge in [-0.05, 0) is 28.8 Å². The van der Waals surface area contributed by atoms with Crippen LogP contribution in [0.25, 0.3) is 5.52 Å². The van der Waals surface area contributed by atoms with Gasteiger partial charge in [-0.25, -0.2) is 9.50 Å². The molecule has 9 heteroatoms. The van der Waals surface area contributed by atoms with Crippen molar-refractivity contribution in [3.63, 3.8) is 0 Å². The van der Waals surface area contributed by atoms with Crippen LogP contribution < -0.4 is 5.73 Å². The van der Waals surface area contributed by atoms with Gasteiger partial charge in [0, 0.05) is 0 Å². The zero-order valence-electron chi connectivity index (χ0n) is 23.0. The van der Waals surface area contributed by atoms with Gasteiger partial charge in [0.25, 0.3) is 0 Å². The minimum Gasteiger partial charge on any atom is -0.382 e. The summed E-state index contributed by atoms with van der Waals surface area (Å²) in [6.07, 6.45) is -0.734. The van der Waals surface area contributed by atoms with Gasteiger partial charge in [0.15, 0.2) is 5.82 Å². The summed E-state index contributed by atoms with van der Waals surface area (Å²) in [4.78, 5) is 4.10. The fourth-order valence-corrected chi connectivity index (χ4v) is 5.28. The van der Waals surface area contributed by atoms with E-state index in [-0.39, 0.29) is 13.2 Å². The molecule has 2 N–H and O–H groups in total. The first-order chi connectivity index (χ1) is 20.7. The number of nitrogens with two attached hydrogens (primary N) is 1. The van der Waals surface area contributed by atoms with E-state index in [0.29, 0.717) is 30.2 Å². The van der Waals surface area contributed by atoms with Crippen LogP contribution in [0.4, 0.5) is 5.82 Å². The molecule has 4 atom stereocenters. The van der Waals surface area contributed by atoms with Gasteiger partial charge >= 0.3 is 0 Å². The maximum absolute atomic E-state index is 10.9. The first-order valence-corrected chi connectivity index (χ1v) is 13.8. The van der Waals surface area contributed by atoms with Gasteiger partial charge in [0.2, 0.25) is 5.60 Å². The molecule has 5 aromatic rings. The van der Waals surface area contributed by atoms with E-state index in [1.54, 1.807) is 16.6 Å². The van der Waals surface area contributed by atoms with Crippen LogP contribution in [0.2, 0.25) is 0 Å². The van der Waals surface area contributed by atoms with Crippen molar-refractivity contribution in [2.24, 2.45) is 0 Å². The molecular weight excluding hydrogens is 530 g/mol. The lowest BCUT2D eigenvalue weighted by molar-refractivity contribution is -0.264. The zero-order valence-corrected chi connectivity index (χ0v) is 23.0. The molecule has 1 saturated heterocycles. The van der Waals surface area contributed by atoms with E-state index in [2.05, 4.69) is 16.2 Å². The van der Waals surface area contributed by atoms with Gasteiger partial charge in [-0.3, -0.25) is 0 Å². The minimum absolute atomic E-state index is 0.0961. The molecular formula is C33H31N5O4. The van der Waals surface area contributed by atoms with Crippen LogP contribution in [0, 0.1) is 11.3 Å². The first kappa shape index (κ1) is 27.6. The van der Waals surface area contributed by atoms with Crippen LogP contribution in [0.15, 0.2) is 109 Å². The SMILES string of the molecule is N#C[C@]1(c2ccc3c(N)ncnn23)OC[C@@H](OCc2ccccc2)[C@@H](OCc2ccccc2)[C@H]1OCc1ccccc1. The van der Waals surface area contributed by atoms with E-state index in [9.17, 15) is 5.26 Å². The first-order valence-electron chi connectivity index (χ1n) is 13.8. The summed E-state index contributed by atoms with van der Waals surface area (Å²) in [6.45, 7) is 0.977. The standard InChI is InChI=1S/C33H31N5O4/c34-22-33(29-17-16-27-32(35)36-23-37-38(27)29)31(41-20-26-14-8-3-9-15-26)30(40-19-25-12-6-2-7-13-25)28(21-42-33)39-18-24-10-4-1-5-11-24/h1-17,23,28,30-31H,18-21H2,(H2,35,36,37)/t28-,30-,31-,33-/m1/s1. The molecule has 0 aliphatic carbocycles. The summed E-state index contributed by atoms with van der Waals surface area (Å²) in [5.41, 5.74) is 8.55. The fraction of sp³-hybridized carbons (Fsp3) is 0.242. The Balaban J connectivity index is 1.40. The highest BCUT2D eigenvalue weighted by Gasteiger charge is 2.56. The second-order valence-electron chi connectivity index (χ2n) is 10.1. The lowest BCUT2D eigenvalue weighted by Crippen LogP contribution is -2.61. The smallest absolute Gasteiger partial charge is 0.225 e. The molecule has 1 aliphatic heterocycles. The van der Waals surface area contributed by atoms with Crippen LogP contribution in [0.3, 0.4) is 0 Å². The van der Waals surface area contributed by atoms with Crippen LogP contribution >= 0.6 is 0 Å². The summed E-state index contributed by atoms with van der Waals surface area (Å²) in [5.74, 6) is 0.294. The number of hydrogen-bond acceptors (Lipinski definition) is 8. The third-order valence-corrected chi connectivity index (χ3v) is 7.43. The quantitative estimate of drug-likeness (QED) is 0.258. The Hall–Kier alpha value is -4.59. The van der Waals surface area contributed by atoms with Gasteiger partial charge in [-0.15, -0.1) is 0 Å². The van der Waals surface area contributed by atoms with Crippen molar-refractivity contribution in [2.75, 3.05) is 12.3 Å². The van der Waals surface area contributed by atoms with E-state index in [1.165, 1.54) is 6.33 Å². The molecule has 0 bridgehead atoms. The summed E-state index contributed by atoms with van der Waals surface area (Å²) in [7, 11) is 0. The lowest BCUT2D eigenvalue weighted by atomic mass is 9.85. The number of nitriles is 1. The highest BCUT2D eigenvalue weighted by molar-refractivity contribution is 5.66. The Kier molecular flexibility index (Phi) is 8.21. The third kappa shape index (κ3) is 5.62. The molecule has 3 heterocycles. The number of anilines is 1. The Bertz CT molecular complexity index is 1640. The number of hydrogen-bond donors (Lipinski definition) is 1. The molecule has 0 radical (unpaired) electrons. The van der Waals surface area contributed by atoms with Crippen molar-refractivity contribution >= 4 is 11.3 Å². The van der Waals surface area contributed by atoms with Crippen molar-refractivity contribution in [2.45, 2.75) is 43.7 Å². The van der Waals surface area contributed by atoms with E-state index < -0.39 is 23.9 Å². The summed E-state index contributed by atoms with van der Waals surface area (Å²) in [5, 5.41) is 15.3. The number of aromatic nitrogens is 3. The van der Waals surface area contributed by atoms with Crippen molar-refractivity contribution in [1.82, 2.24) is 14.6 Å². The van der Waals surface area contributed by atoms with Crippen molar-refractivity contribution in [3.05, 3.63) is 132 Å². The molecule has 1 aliphatic rings. The molecule has 42 heavy (non-hydrogen) atoms. The van der Waals surface area contributed by atoms with Gasteiger partial charge in [-0.1, -0.05) is 91.0 Å². The molecule has 6 rings (SSSR count). The molecule has 3 aromatic carbocycles. The Morgan fingerprint density at radius 2 is 1.38 bits per heavy atom. The molecule has 9 nitrogen and oxygen atoms in total. The van der Waals surface area contributed by atoms with Crippen LogP contribution in [-0.4, -0.2) is 39.5 Å². The molecule has 0 amide bonds. The second-order valence-corrected chi connectivity index (χ2v) is 10.1. The Labute approximate surface area is 244 Å². The normalized spacial score (nSPS) is 22.1. The molecule has 0 unspecified atom stereocenters. The summed E-state index contributed by atoms with van der Waals surface area (Å²) < 4.78 is 27.7. The number of ether oxygens (including phenoxy) is 4. The number of nitrogen functional groups attached to an aromatic ring is 1. The molecule has 0 spiro atoms. The van der Waals surface area contributed by atoms with E-state index in [0.717, 1.165) is 16.7 Å².